The van der Waals surface area contributed by atoms with E-state index in [1.807, 2.05) is 24.3 Å². The molecule has 1 heterocycles. The van der Waals surface area contributed by atoms with Crippen molar-refractivity contribution in [3.05, 3.63) is 71.9 Å². The number of rotatable bonds is 5. The van der Waals surface area contributed by atoms with Gasteiger partial charge < -0.3 is 9.88 Å². The van der Waals surface area contributed by atoms with Crippen molar-refractivity contribution in [1.29, 1.82) is 0 Å². The van der Waals surface area contributed by atoms with Gasteiger partial charge in [0.15, 0.2) is 0 Å². The summed E-state index contributed by atoms with van der Waals surface area (Å²) >= 11 is 0. The molecule has 27 heavy (non-hydrogen) atoms. The number of amides is 1. The molecule has 0 atom stereocenters. The largest absolute Gasteiger partial charge is 0.346 e. The third-order valence-corrected chi connectivity index (χ3v) is 5.88. The van der Waals surface area contributed by atoms with Crippen LogP contribution < -0.4 is 5.32 Å². The molecule has 3 heteroatoms. The Morgan fingerprint density at radius 1 is 1.04 bits per heavy atom. The van der Waals surface area contributed by atoms with Gasteiger partial charge in [-0.2, -0.15) is 0 Å². The average Bonchev–Trinajstić information content (AvgIpc) is 3.31. The van der Waals surface area contributed by atoms with Crippen LogP contribution in [0.1, 0.15) is 55.5 Å². The van der Waals surface area contributed by atoms with Gasteiger partial charge in [0, 0.05) is 23.6 Å². The molecule has 1 amide bonds. The number of nitrogens with one attached hydrogen (secondary N) is 1. The molecule has 1 saturated carbocycles. The third kappa shape index (κ3) is 3.64. The predicted octanol–water partition coefficient (Wildman–Crippen LogP) is 5.50. The van der Waals surface area contributed by atoms with Crippen molar-refractivity contribution in [3.63, 3.8) is 0 Å². The summed E-state index contributed by atoms with van der Waals surface area (Å²) in [4.78, 5) is 13.2. The Kier molecular flexibility index (Phi) is 4.77. The van der Waals surface area contributed by atoms with Crippen molar-refractivity contribution in [2.24, 2.45) is 5.92 Å². The fourth-order valence-corrected chi connectivity index (χ4v) is 4.33. The number of carbonyl (C=O) groups is 1. The molecule has 0 bridgehead atoms. The monoisotopic (exact) mass is 360 g/mol. The van der Waals surface area contributed by atoms with Crippen LogP contribution in [0, 0.1) is 5.92 Å². The van der Waals surface area contributed by atoms with Crippen LogP contribution in [0.3, 0.4) is 0 Å². The molecule has 1 aliphatic rings. The van der Waals surface area contributed by atoms with E-state index in [-0.39, 0.29) is 5.91 Å². The molecule has 1 N–H and O–H groups in total. The molecule has 3 nitrogen and oxygen atoms in total. The van der Waals surface area contributed by atoms with Gasteiger partial charge in [-0.25, -0.2) is 0 Å². The Balaban J connectivity index is 1.63. The minimum absolute atomic E-state index is 0.00905. The van der Waals surface area contributed by atoms with Crippen molar-refractivity contribution in [1.82, 2.24) is 9.88 Å². The SMILES string of the molecule is CC(C)(NC(=O)c1cn(CC2CCCC2)c2ccccc12)c1ccccc1. The van der Waals surface area contributed by atoms with Crippen LogP contribution in [-0.2, 0) is 12.1 Å². The van der Waals surface area contributed by atoms with Crippen LogP contribution in [0.5, 0.6) is 0 Å². The molecular formula is C24H28N2O. The highest BCUT2D eigenvalue weighted by atomic mass is 16.1. The molecule has 0 aliphatic heterocycles. The lowest BCUT2D eigenvalue weighted by Gasteiger charge is -2.26. The lowest BCUT2D eigenvalue weighted by Crippen LogP contribution is -2.40. The van der Waals surface area contributed by atoms with Gasteiger partial charge in [-0.15, -0.1) is 0 Å². The van der Waals surface area contributed by atoms with Crippen LogP contribution in [0.2, 0.25) is 0 Å². The zero-order chi connectivity index (χ0) is 18.9. The molecule has 2 aromatic carbocycles. The summed E-state index contributed by atoms with van der Waals surface area (Å²) in [5.74, 6) is 0.725. The van der Waals surface area contributed by atoms with Gasteiger partial charge in [-0.3, -0.25) is 4.79 Å². The van der Waals surface area contributed by atoms with Crippen LogP contribution >= 0.6 is 0 Å². The van der Waals surface area contributed by atoms with Crippen molar-refractivity contribution < 1.29 is 4.79 Å². The molecule has 4 rings (SSSR count). The standard InChI is InChI=1S/C24H28N2O/c1-24(2,19-12-4-3-5-13-19)25-23(27)21-17-26(16-18-10-6-7-11-18)22-15-9-8-14-20(21)22/h3-5,8-9,12-15,17-18H,6-7,10-11,16H2,1-2H3,(H,25,27). The number of hydrogen-bond acceptors (Lipinski definition) is 1. The second-order valence-electron chi connectivity index (χ2n) is 8.31. The fraction of sp³-hybridized carbons (Fsp3) is 0.375. The average molecular weight is 361 g/mol. The number of aromatic nitrogens is 1. The van der Waals surface area contributed by atoms with Crippen LogP contribution in [0.15, 0.2) is 60.8 Å². The van der Waals surface area contributed by atoms with Gasteiger partial charge in [-0.1, -0.05) is 61.4 Å². The molecule has 0 unspecified atom stereocenters. The minimum atomic E-state index is -0.424. The number of para-hydroxylation sites is 1. The molecular weight excluding hydrogens is 332 g/mol. The van der Waals surface area contributed by atoms with Crippen molar-refractivity contribution in [2.45, 2.75) is 51.6 Å². The van der Waals surface area contributed by atoms with E-state index in [1.54, 1.807) is 0 Å². The van der Waals surface area contributed by atoms with Gasteiger partial charge in [0.2, 0.25) is 0 Å². The van der Waals surface area contributed by atoms with E-state index in [4.69, 9.17) is 0 Å². The Morgan fingerprint density at radius 3 is 2.44 bits per heavy atom. The first-order valence-corrected chi connectivity index (χ1v) is 10.0. The zero-order valence-corrected chi connectivity index (χ0v) is 16.2. The summed E-state index contributed by atoms with van der Waals surface area (Å²) in [5.41, 5.74) is 2.61. The maximum absolute atomic E-state index is 13.2. The second kappa shape index (κ2) is 7.22. The molecule has 1 aromatic heterocycles. The van der Waals surface area contributed by atoms with Crippen LogP contribution in [0.25, 0.3) is 10.9 Å². The lowest BCUT2D eigenvalue weighted by atomic mass is 9.94. The highest BCUT2D eigenvalue weighted by Gasteiger charge is 2.25. The topological polar surface area (TPSA) is 34.0 Å². The van der Waals surface area contributed by atoms with E-state index in [0.717, 1.165) is 34.5 Å². The first kappa shape index (κ1) is 17.8. The Bertz CT molecular complexity index is 933. The van der Waals surface area contributed by atoms with Crippen LogP contribution in [0.4, 0.5) is 0 Å². The number of benzene rings is 2. The van der Waals surface area contributed by atoms with E-state index in [9.17, 15) is 4.79 Å². The van der Waals surface area contributed by atoms with Crippen molar-refractivity contribution in [3.8, 4) is 0 Å². The third-order valence-electron chi connectivity index (χ3n) is 5.88. The number of hydrogen-bond donors (Lipinski definition) is 1. The molecule has 3 aromatic rings. The van der Waals surface area contributed by atoms with Crippen molar-refractivity contribution >= 4 is 16.8 Å². The molecule has 0 spiro atoms. The highest BCUT2D eigenvalue weighted by molar-refractivity contribution is 6.07. The molecule has 0 saturated heterocycles. The summed E-state index contributed by atoms with van der Waals surface area (Å²) in [6.45, 7) is 5.12. The zero-order valence-electron chi connectivity index (χ0n) is 16.2. The summed E-state index contributed by atoms with van der Waals surface area (Å²) in [5, 5.41) is 4.27. The summed E-state index contributed by atoms with van der Waals surface area (Å²) in [6, 6.07) is 18.4. The summed E-state index contributed by atoms with van der Waals surface area (Å²) in [6.07, 6.45) is 7.33. The fourth-order valence-electron chi connectivity index (χ4n) is 4.33. The normalized spacial score (nSPS) is 15.3. The van der Waals surface area contributed by atoms with E-state index in [1.165, 1.54) is 25.7 Å². The van der Waals surface area contributed by atoms with E-state index in [0.29, 0.717) is 0 Å². The molecule has 0 radical (unpaired) electrons. The van der Waals surface area contributed by atoms with Gasteiger partial charge >= 0.3 is 0 Å². The van der Waals surface area contributed by atoms with Gasteiger partial charge in [0.1, 0.15) is 0 Å². The Hall–Kier alpha value is -2.55. The van der Waals surface area contributed by atoms with Gasteiger partial charge in [0.05, 0.1) is 11.1 Å². The molecule has 140 valence electrons. The number of nitrogens with zero attached hydrogens (tertiary/aromatic N) is 1. The highest BCUT2D eigenvalue weighted by Crippen LogP contribution is 2.30. The van der Waals surface area contributed by atoms with E-state index < -0.39 is 5.54 Å². The summed E-state index contributed by atoms with van der Waals surface area (Å²) in [7, 11) is 0. The smallest absolute Gasteiger partial charge is 0.254 e. The molecule has 1 fully saturated rings. The van der Waals surface area contributed by atoms with Crippen LogP contribution in [-0.4, -0.2) is 10.5 Å². The van der Waals surface area contributed by atoms with Gasteiger partial charge in [-0.05, 0) is 44.2 Å². The van der Waals surface area contributed by atoms with E-state index in [2.05, 4.69) is 60.3 Å². The maximum Gasteiger partial charge on any atom is 0.254 e. The first-order chi connectivity index (χ1) is 13.0. The number of carbonyl (C=O) groups excluding carboxylic acids is 1. The predicted molar refractivity (Wildman–Crippen MR) is 111 cm³/mol. The summed E-state index contributed by atoms with van der Waals surface area (Å²) < 4.78 is 2.29. The molecule has 1 aliphatic carbocycles. The quantitative estimate of drug-likeness (QED) is 0.641. The lowest BCUT2D eigenvalue weighted by molar-refractivity contribution is 0.0913. The Labute approximate surface area is 161 Å². The minimum Gasteiger partial charge on any atom is -0.346 e. The number of fused-ring (bicyclic) bond motifs is 1. The Morgan fingerprint density at radius 2 is 1.70 bits per heavy atom. The van der Waals surface area contributed by atoms with E-state index >= 15 is 0 Å². The van der Waals surface area contributed by atoms with Crippen molar-refractivity contribution in [2.75, 3.05) is 0 Å². The first-order valence-electron chi connectivity index (χ1n) is 10.0. The second-order valence-corrected chi connectivity index (χ2v) is 8.31. The maximum atomic E-state index is 13.2. The van der Waals surface area contributed by atoms with Gasteiger partial charge in [0.25, 0.3) is 5.91 Å².